The Bertz CT molecular complexity index is 809. The quantitative estimate of drug-likeness (QED) is 0.514. The average Bonchev–Trinajstić information content (AvgIpc) is 2.60. The SMILES string of the molecule is COC(=O)c1ccc(NC(=O)/C=C/c2cccc(OC(C)=O)c2)cc1. The van der Waals surface area contributed by atoms with Gasteiger partial charge in [-0.15, -0.1) is 0 Å². The predicted molar refractivity (Wildman–Crippen MR) is 93.2 cm³/mol. The molecule has 0 fully saturated rings. The van der Waals surface area contributed by atoms with Crippen LogP contribution < -0.4 is 10.1 Å². The van der Waals surface area contributed by atoms with E-state index in [9.17, 15) is 14.4 Å². The van der Waals surface area contributed by atoms with Gasteiger partial charge >= 0.3 is 11.9 Å². The molecule has 0 spiro atoms. The summed E-state index contributed by atoms with van der Waals surface area (Å²) in [5, 5.41) is 2.68. The van der Waals surface area contributed by atoms with Crippen LogP contribution in [0, 0.1) is 0 Å². The Hall–Kier alpha value is -3.41. The summed E-state index contributed by atoms with van der Waals surface area (Å²) in [5.41, 5.74) is 1.67. The van der Waals surface area contributed by atoms with Crippen LogP contribution in [0.3, 0.4) is 0 Å². The van der Waals surface area contributed by atoms with Crippen molar-refractivity contribution in [2.75, 3.05) is 12.4 Å². The maximum absolute atomic E-state index is 11.9. The number of nitrogens with one attached hydrogen (secondary N) is 1. The van der Waals surface area contributed by atoms with Gasteiger partial charge < -0.3 is 14.8 Å². The van der Waals surface area contributed by atoms with Gasteiger partial charge in [0.15, 0.2) is 0 Å². The van der Waals surface area contributed by atoms with E-state index in [1.54, 1.807) is 54.6 Å². The molecular formula is C19H17NO5. The van der Waals surface area contributed by atoms with Crippen molar-refractivity contribution in [2.24, 2.45) is 0 Å². The van der Waals surface area contributed by atoms with Gasteiger partial charge in [-0.1, -0.05) is 12.1 Å². The highest BCUT2D eigenvalue weighted by molar-refractivity contribution is 6.02. The molecule has 6 nitrogen and oxygen atoms in total. The highest BCUT2D eigenvalue weighted by Gasteiger charge is 2.05. The van der Waals surface area contributed by atoms with Crippen molar-refractivity contribution >= 4 is 29.6 Å². The van der Waals surface area contributed by atoms with Crippen molar-refractivity contribution in [3.63, 3.8) is 0 Å². The number of benzene rings is 2. The molecule has 2 aromatic rings. The van der Waals surface area contributed by atoms with E-state index < -0.39 is 11.9 Å². The van der Waals surface area contributed by atoms with Gasteiger partial charge in [0.1, 0.15) is 5.75 Å². The topological polar surface area (TPSA) is 81.7 Å². The fourth-order valence-corrected chi connectivity index (χ4v) is 2.01. The second kappa shape index (κ2) is 8.44. The van der Waals surface area contributed by atoms with Crippen molar-refractivity contribution in [3.8, 4) is 5.75 Å². The summed E-state index contributed by atoms with van der Waals surface area (Å²) in [4.78, 5) is 34.2. The van der Waals surface area contributed by atoms with Crippen LogP contribution in [-0.2, 0) is 14.3 Å². The van der Waals surface area contributed by atoms with Crippen LogP contribution in [0.4, 0.5) is 5.69 Å². The molecule has 0 aliphatic heterocycles. The van der Waals surface area contributed by atoms with Crippen molar-refractivity contribution in [1.82, 2.24) is 0 Å². The van der Waals surface area contributed by atoms with E-state index in [-0.39, 0.29) is 5.91 Å². The third-order valence-corrected chi connectivity index (χ3v) is 3.12. The Kier molecular flexibility index (Phi) is 6.06. The molecule has 0 heterocycles. The van der Waals surface area contributed by atoms with E-state index in [4.69, 9.17) is 4.74 Å². The minimum absolute atomic E-state index is 0.330. The van der Waals surface area contributed by atoms with E-state index in [2.05, 4.69) is 10.1 Å². The van der Waals surface area contributed by atoms with Gasteiger partial charge in [-0.3, -0.25) is 9.59 Å². The molecule has 0 saturated carbocycles. The summed E-state index contributed by atoms with van der Waals surface area (Å²) < 4.78 is 9.60. The van der Waals surface area contributed by atoms with E-state index >= 15 is 0 Å². The molecule has 1 amide bonds. The summed E-state index contributed by atoms with van der Waals surface area (Å²) in [6.45, 7) is 1.32. The van der Waals surface area contributed by atoms with Crippen LogP contribution in [0.5, 0.6) is 5.75 Å². The van der Waals surface area contributed by atoms with Gasteiger partial charge in [-0.2, -0.15) is 0 Å². The lowest BCUT2D eigenvalue weighted by Crippen LogP contribution is -2.08. The van der Waals surface area contributed by atoms with Gasteiger partial charge in [-0.05, 0) is 48.0 Å². The average molecular weight is 339 g/mol. The van der Waals surface area contributed by atoms with Gasteiger partial charge in [0.05, 0.1) is 12.7 Å². The molecule has 25 heavy (non-hydrogen) atoms. The summed E-state index contributed by atoms with van der Waals surface area (Å²) in [5.74, 6) is -0.767. The normalized spacial score (nSPS) is 10.3. The number of carbonyl (C=O) groups is 3. The lowest BCUT2D eigenvalue weighted by atomic mass is 10.2. The molecule has 0 aliphatic rings. The zero-order chi connectivity index (χ0) is 18.2. The summed E-state index contributed by atoms with van der Waals surface area (Å²) >= 11 is 0. The van der Waals surface area contributed by atoms with Crippen molar-refractivity contribution < 1.29 is 23.9 Å². The number of hydrogen-bond donors (Lipinski definition) is 1. The van der Waals surface area contributed by atoms with Crippen LogP contribution in [0.2, 0.25) is 0 Å². The first-order valence-corrected chi connectivity index (χ1v) is 7.44. The third kappa shape index (κ3) is 5.62. The van der Waals surface area contributed by atoms with E-state index in [0.717, 1.165) is 5.56 Å². The minimum Gasteiger partial charge on any atom is -0.465 e. The lowest BCUT2D eigenvalue weighted by Gasteiger charge is -2.04. The molecule has 0 saturated heterocycles. The maximum Gasteiger partial charge on any atom is 0.337 e. The van der Waals surface area contributed by atoms with Crippen molar-refractivity contribution in [3.05, 3.63) is 65.7 Å². The van der Waals surface area contributed by atoms with E-state index in [1.807, 2.05) is 0 Å². The van der Waals surface area contributed by atoms with Crippen LogP contribution in [0.1, 0.15) is 22.8 Å². The van der Waals surface area contributed by atoms with Crippen molar-refractivity contribution in [2.45, 2.75) is 6.92 Å². The second-order valence-electron chi connectivity index (χ2n) is 5.06. The molecule has 2 rings (SSSR count). The molecular weight excluding hydrogens is 322 g/mol. The molecule has 0 atom stereocenters. The highest BCUT2D eigenvalue weighted by Crippen LogP contribution is 2.15. The minimum atomic E-state index is -0.439. The van der Waals surface area contributed by atoms with Crippen LogP contribution in [0.25, 0.3) is 6.08 Å². The largest absolute Gasteiger partial charge is 0.465 e. The molecule has 6 heteroatoms. The Morgan fingerprint density at radius 2 is 1.76 bits per heavy atom. The van der Waals surface area contributed by atoms with Gasteiger partial charge in [0.25, 0.3) is 0 Å². The number of esters is 2. The van der Waals surface area contributed by atoms with E-state index in [0.29, 0.717) is 17.0 Å². The van der Waals surface area contributed by atoms with Gasteiger partial charge in [-0.25, -0.2) is 4.79 Å². The zero-order valence-electron chi connectivity index (χ0n) is 13.8. The Morgan fingerprint density at radius 1 is 1.04 bits per heavy atom. The monoisotopic (exact) mass is 339 g/mol. The summed E-state index contributed by atoms with van der Waals surface area (Å²) in [6.07, 6.45) is 2.96. The summed E-state index contributed by atoms with van der Waals surface area (Å²) in [6, 6.07) is 13.2. The zero-order valence-corrected chi connectivity index (χ0v) is 13.8. The fraction of sp³-hybridized carbons (Fsp3) is 0.105. The van der Waals surface area contributed by atoms with Crippen molar-refractivity contribution in [1.29, 1.82) is 0 Å². The van der Waals surface area contributed by atoms with Crippen LogP contribution in [0.15, 0.2) is 54.6 Å². The smallest absolute Gasteiger partial charge is 0.337 e. The Morgan fingerprint density at radius 3 is 2.40 bits per heavy atom. The Labute approximate surface area is 145 Å². The number of amides is 1. The first-order valence-electron chi connectivity index (χ1n) is 7.44. The molecule has 128 valence electrons. The first-order chi connectivity index (χ1) is 12.0. The fourth-order valence-electron chi connectivity index (χ4n) is 2.01. The molecule has 2 aromatic carbocycles. The Balaban J connectivity index is 1.98. The highest BCUT2D eigenvalue weighted by atomic mass is 16.5. The number of hydrogen-bond acceptors (Lipinski definition) is 5. The second-order valence-corrected chi connectivity index (χ2v) is 5.06. The number of methoxy groups -OCH3 is 1. The predicted octanol–water partition coefficient (Wildman–Crippen LogP) is 3.05. The number of rotatable bonds is 5. The molecule has 0 radical (unpaired) electrons. The molecule has 1 N–H and O–H groups in total. The van der Waals surface area contributed by atoms with Crippen LogP contribution in [-0.4, -0.2) is 25.0 Å². The maximum atomic E-state index is 11.9. The van der Waals surface area contributed by atoms with E-state index in [1.165, 1.54) is 20.1 Å². The van der Waals surface area contributed by atoms with Gasteiger partial charge in [0.2, 0.25) is 5.91 Å². The molecule has 0 unspecified atom stereocenters. The molecule has 0 aliphatic carbocycles. The van der Waals surface area contributed by atoms with Gasteiger partial charge in [0, 0.05) is 18.7 Å². The number of carbonyl (C=O) groups excluding carboxylic acids is 3. The molecule has 0 bridgehead atoms. The summed E-state index contributed by atoms with van der Waals surface area (Å²) in [7, 11) is 1.30. The third-order valence-electron chi connectivity index (χ3n) is 3.12. The molecule has 0 aromatic heterocycles. The van der Waals surface area contributed by atoms with Crippen LogP contribution >= 0.6 is 0 Å². The lowest BCUT2D eigenvalue weighted by molar-refractivity contribution is -0.131. The first kappa shape index (κ1) is 17.9. The number of anilines is 1. The number of ether oxygens (including phenoxy) is 2. The standard InChI is InChI=1S/C19H17NO5/c1-13(21)25-17-5-3-4-14(12-17)6-11-18(22)20-16-9-7-15(8-10-16)19(23)24-2/h3-12H,1-2H3,(H,20,22)/b11-6+.